The highest BCUT2D eigenvalue weighted by Crippen LogP contribution is 2.28. The molecule has 0 aliphatic carbocycles. The monoisotopic (exact) mass is 249 g/mol. The molecule has 0 aromatic heterocycles. The third-order valence-electron chi connectivity index (χ3n) is 3.08. The van der Waals surface area contributed by atoms with E-state index in [4.69, 9.17) is 4.74 Å². The van der Waals surface area contributed by atoms with Crippen molar-refractivity contribution < 1.29 is 14.3 Å². The highest BCUT2D eigenvalue weighted by atomic mass is 16.5. The summed E-state index contributed by atoms with van der Waals surface area (Å²) in [5.74, 6) is -0.530. The number of carbonyl (C=O) groups excluding carboxylic acids is 2. The summed E-state index contributed by atoms with van der Waals surface area (Å²) in [4.78, 5) is 23.0. The molecule has 0 saturated heterocycles. The minimum Gasteiger partial charge on any atom is -0.495 e. The molecule has 4 heteroatoms. The first kappa shape index (κ1) is 14.2. The van der Waals surface area contributed by atoms with E-state index >= 15 is 0 Å². The van der Waals surface area contributed by atoms with Crippen molar-refractivity contribution in [1.29, 1.82) is 0 Å². The third-order valence-corrected chi connectivity index (χ3v) is 3.08. The third kappa shape index (κ3) is 3.09. The van der Waals surface area contributed by atoms with Crippen LogP contribution in [0.2, 0.25) is 0 Å². The van der Waals surface area contributed by atoms with E-state index in [0.29, 0.717) is 11.4 Å². The molecular formula is C14H19NO3. The molecule has 1 atom stereocenters. The van der Waals surface area contributed by atoms with Crippen LogP contribution in [-0.4, -0.2) is 18.8 Å². The van der Waals surface area contributed by atoms with Crippen molar-refractivity contribution >= 4 is 17.4 Å². The molecule has 0 bridgehead atoms. The second-order valence-electron chi connectivity index (χ2n) is 4.46. The highest BCUT2D eigenvalue weighted by molar-refractivity contribution is 6.06. The Kier molecular flexibility index (Phi) is 4.48. The lowest BCUT2D eigenvalue weighted by atomic mass is 10.1. The molecule has 0 heterocycles. The van der Waals surface area contributed by atoms with Crippen molar-refractivity contribution in [3.63, 3.8) is 0 Å². The molecule has 0 saturated carbocycles. The number of nitrogens with one attached hydrogen (secondary N) is 1. The highest BCUT2D eigenvalue weighted by Gasteiger charge is 2.19. The summed E-state index contributed by atoms with van der Waals surface area (Å²) in [6.07, 6.45) is 0. The van der Waals surface area contributed by atoms with E-state index < -0.39 is 5.92 Å². The van der Waals surface area contributed by atoms with Crippen LogP contribution in [0, 0.1) is 19.8 Å². The van der Waals surface area contributed by atoms with E-state index in [9.17, 15) is 9.59 Å². The normalized spacial score (nSPS) is 11.8. The zero-order valence-corrected chi connectivity index (χ0v) is 11.5. The quantitative estimate of drug-likeness (QED) is 0.834. The van der Waals surface area contributed by atoms with Gasteiger partial charge in [-0.05, 0) is 51.0 Å². The first-order valence-corrected chi connectivity index (χ1v) is 5.83. The lowest BCUT2D eigenvalue weighted by Crippen LogP contribution is -2.25. The van der Waals surface area contributed by atoms with Crippen LogP contribution in [0.1, 0.15) is 25.0 Å². The van der Waals surface area contributed by atoms with Crippen LogP contribution >= 0.6 is 0 Å². The Morgan fingerprint density at radius 3 is 2.28 bits per heavy atom. The van der Waals surface area contributed by atoms with Gasteiger partial charge in [0.25, 0.3) is 0 Å². The number of anilines is 1. The van der Waals surface area contributed by atoms with Crippen molar-refractivity contribution in [3.8, 4) is 5.75 Å². The summed E-state index contributed by atoms with van der Waals surface area (Å²) in [6, 6.07) is 3.71. The topological polar surface area (TPSA) is 55.4 Å². The van der Waals surface area contributed by atoms with Crippen molar-refractivity contribution in [2.24, 2.45) is 5.92 Å². The van der Waals surface area contributed by atoms with Gasteiger partial charge in [0.05, 0.1) is 18.7 Å². The number of amides is 1. The predicted octanol–water partition coefficient (Wildman–Crippen LogP) is 2.48. The molecule has 1 rings (SSSR count). The van der Waals surface area contributed by atoms with Crippen LogP contribution < -0.4 is 10.1 Å². The van der Waals surface area contributed by atoms with Gasteiger partial charge in [0, 0.05) is 0 Å². The molecule has 0 aliphatic rings. The minimum absolute atomic E-state index is 0.157. The molecule has 0 radical (unpaired) electrons. The summed E-state index contributed by atoms with van der Waals surface area (Å²) >= 11 is 0. The summed E-state index contributed by atoms with van der Waals surface area (Å²) in [5, 5.41) is 2.73. The molecule has 1 aromatic carbocycles. The van der Waals surface area contributed by atoms with Gasteiger partial charge in [-0.15, -0.1) is 0 Å². The molecule has 4 nitrogen and oxygen atoms in total. The second kappa shape index (κ2) is 5.67. The van der Waals surface area contributed by atoms with Crippen molar-refractivity contribution in [3.05, 3.63) is 23.3 Å². The largest absolute Gasteiger partial charge is 0.495 e. The molecule has 0 aliphatic heterocycles. The van der Waals surface area contributed by atoms with Gasteiger partial charge in [0.15, 0.2) is 0 Å². The van der Waals surface area contributed by atoms with Crippen LogP contribution in [0.25, 0.3) is 0 Å². The fraction of sp³-hybridized carbons (Fsp3) is 0.429. The Morgan fingerprint density at radius 2 is 1.78 bits per heavy atom. The maximum Gasteiger partial charge on any atom is 0.234 e. The Hall–Kier alpha value is -1.84. The Balaban J connectivity index is 3.00. The number of aryl methyl sites for hydroxylation is 2. The average molecular weight is 249 g/mol. The fourth-order valence-corrected chi connectivity index (χ4v) is 1.48. The Labute approximate surface area is 107 Å². The summed E-state index contributed by atoms with van der Waals surface area (Å²) < 4.78 is 5.22. The maximum atomic E-state index is 11.8. The van der Waals surface area contributed by atoms with Gasteiger partial charge in [0.1, 0.15) is 11.5 Å². The molecular weight excluding hydrogens is 230 g/mol. The van der Waals surface area contributed by atoms with Gasteiger partial charge >= 0.3 is 0 Å². The van der Waals surface area contributed by atoms with Crippen LogP contribution in [-0.2, 0) is 9.59 Å². The van der Waals surface area contributed by atoms with Gasteiger partial charge in [-0.3, -0.25) is 9.59 Å². The van der Waals surface area contributed by atoms with Crippen molar-refractivity contribution in [2.45, 2.75) is 27.7 Å². The number of ether oxygens (including phenoxy) is 1. The zero-order valence-electron chi connectivity index (χ0n) is 11.5. The Morgan fingerprint density at radius 1 is 1.22 bits per heavy atom. The number of hydrogen-bond donors (Lipinski definition) is 1. The van der Waals surface area contributed by atoms with Gasteiger partial charge in [-0.2, -0.15) is 0 Å². The number of Topliss-reactive ketones (excluding diaryl/α,β-unsaturated/α-hetero) is 1. The van der Waals surface area contributed by atoms with Crippen LogP contribution in [0.15, 0.2) is 12.1 Å². The molecule has 1 N–H and O–H groups in total. The van der Waals surface area contributed by atoms with Crippen molar-refractivity contribution in [2.75, 3.05) is 12.4 Å². The maximum absolute atomic E-state index is 11.8. The van der Waals surface area contributed by atoms with Gasteiger partial charge in [-0.25, -0.2) is 0 Å². The first-order valence-electron chi connectivity index (χ1n) is 5.83. The summed E-state index contributed by atoms with van der Waals surface area (Å²) in [7, 11) is 1.55. The van der Waals surface area contributed by atoms with E-state index in [1.165, 1.54) is 6.92 Å². The summed E-state index contributed by atoms with van der Waals surface area (Å²) in [5.41, 5.74) is 2.74. The Bertz CT molecular complexity index is 480. The smallest absolute Gasteiger partial charge is 0.234 e. The lowest BCUT2D eigenvalue weighted by Gasteiger charge is -2.14. The van der Waals surface area contributed by atoms with Crippen LogP contribution in [0.4, 0.5) is 5.69 Å². The molecule has 1 amide bonds. The fourth-order valence-electron chi connectivity index (χ4n) is 1.48. The number of hydrogen-bond acceptors (Lipinski definition) is 3. The number of rotatable bonds is 4. The molecule has 0 fully saturated rings. The molecule has 0 spiro atoms. The number of ketones is 1. The van der Waals surface area contributed by atoms with Crippen molar-refractivity contribution in [1.82, 2.24) is 0 Å². The van der Waals surface area contributed by atoms with E-state index in [0.717, 1.165) is 11.1 Å². The standard InChI is InChI=1S/C14H19NO3/c1-8-6-12(13(18-5)7-9(8)2)15-14(17)10(3)11(4)16/h6-7,10H,1-5H3,(H,15,17). The number of methoxy groups -OCH3 is 1. The minimum atomic E-state index is -0.656. The van der Waals surface area contributed by atoms with E-state index in [1.807, 2.05) is 26.0 Å². The van der Waals surface area contributed by atoms with Gasteiger partial charge < -0.3 is 10.1 Å². The predicted molar refractivity (Wildman–Crippen MR) is 70.9 cm³/mol. The van der Waals surface area contributed by atoms with E-state index in [2.05, 4.69) is 5.32 Å². The lowest BCUT2D eigenvalue weighted by molar-refractivity contribution is -0.129. The molecule has 1 unspecified atom stereocenters. The molecule has 98 valence electrons. The summed E-state index contributed by atoms with van der Waals surface area (Å²) in [6.45, 7) is 6.92. The average Bonchev–Trinajstić information content (AvgIpc) is 2.32. The van der Waals surface area contributed by atoms with Gasteiger partial charge in [0.2, 0.25) is 5.91 Å². The van der Waals surface area contributed by atoms with E-state index in [-0.39, 0.29) is 11.7 Å². The second-order valence-corrected chi connectivity index (χ2v) is 4.46. The number of benzene rings is 1. The van der Waals surface area contributed by atoms with Crippen LogP contribution in [0.5, 0.6) is 5.75 Å². The molecule has 1 aromatic rings. The van der Waals surface area contributed by atoms with Crippen LogP contribution in [0.3, 0.4) is 0 Å². The zero-order chi connectivity index (χ0) is 13.9. The number of carbonyl (C=O) groups is 2. The van der Waals surface area contributed by atoms with E-state index in [1.54, 1.807) is 14.0 Å². The first-order chi connectivity index (χ1) is 8.36. The van der Waals surface area contributed by atoms with Gasteiger partial charge in [-0.1, -0.05) is 0 Å². The SMILES string of the molecule is COc1cc(C)c(C)cc1NC(=O)C(C)C(C)=O. The molecule has 18 heavy (non-hydrogen) atoms.